The minimum atomic E-state index is -4.14. The molecule has 0 atom stereocenters. The zero-order valence-corrected chi connectivity index (χ0v) is 9.92. The number of benzene rings is 1. The Kier molecular flexibility index (Phi) is 5.44. The van der Waals surface area contributed by atoms with Crippen LogP contribution in [0.4, 0.5) is 13.2 Å². The number of rotatable bonds is 5. The zero-order chi connectivity index (χ0) is 12.0. The molecule has 0 heterocycles. The molecule has 0 aromatic heterocycles. The molecule has 0 unspecified atom stereocenters. The van der Waals surface area contributed by atoms with Gasteiger partial charge >= 0.3 is 5.51 Å². The second kappa shape index (κ2) is 6.37. The highest BCUT2D eigenvalue weighted by Crippen LogP contribution is 2.29. The Balaban J connectivity index is 2.17. The van der Waals surface area contributed by atoms with E-state index in [1.807, 2.05) is 12.1 Å². The maximum atomic E-state index is 11.8. The van der Waals surface area contributed by atoms with Crippen LogP contribution in [-0.2, 0) is 6.54 Å². The third kappa shape index (κ3) is 6.25. The van der Waals surface area contributed by atoms with Crippen molar-refractivity contribution >= 4 is 23.4 Å². The van der Waals surface area contributed by atoms with Gasteiger partial charge in [0.15, 0.2) is 0 Å². The Bertz CT molecular complexity index is 330. The highest BCUT2D eigenvalue weighted by molar-refractivity contribution is 8.00. The summed E-state index contributed by atoms with van der Waals surface area (Å²) in [6.07, 6.45) is 0. The van der Waals surface area contributed by atoms with E-state index in [-0.39, 0.29) is 17.5 Å². The molecule has 0 saturated heterocycles. The maximum Gasteiger partial charge on any atom is 0.441 e. The second-order valence-corrected chi connectivity index (χ2v) is 4.70. The van der Waals surface area contributed by atoms with Crippen molar-refractivity contribution in [2.24, 2.45) is 0 Å². The van der Waals surface area contributed by atoms with E-state index in [1.165, 1.54) is 0 Å². The van der Waals surface area contributed by atoms with Crippen LogP contribution in [0.25, 0.3) is 0 Å². The quantitative estimate of drug-likeness (QED) is 0.819. The van der Waals surface area contributed by atoms with Gasteiger partial charge in [-0.1, -0.05) is 23.7 Å². The molecule has 0 spiro atoms. The SMILES string of the molecule is FC(F)(F)SCCNCc1cccc(Cl)c1. The van der Waals surface area contributed by atoms with E-state index in [2.05, 4.69) is 5.32 Å². The normalized spacial score (nSPS) is 11.8. The Morgan fingerprint density at radius 3 is 2.69 bits per heavy atom. The van der Waals surface area contributed by atoms with Crippen molar-refractivity contribution in [2.75, 3.05) is 12.3 Å². The van der Waals surface area contributed by atoms with Gasteiger partial charge in [-0.2, -0.15) is 13.2 Å². The summed E-state index contributed by atoms with van der Waals surface area (Å²) in [6.45, 7) is 0.843. The number of nitrogens with one attached hydrogen (secondary N) is 1. The Labute approximate surface area is 101 Å². The minimum Gasteiger partial charge on any atom is -0.312 e. The van der Waals surface area contributed by atoms with E-state index in [9.17, 15) is 13.2 Å². The standard InChI is InChI=1S/C10H11ClF3NS/c11-9-3-1-2-8(6-9)7-15-4-5-16-10(12,13)14/h1-3,6,15H,4-5,7H2. The van der Waals surface area contributed by atoms with Gasteiger partial charge in [-0.3, -0.25) is 0 Å². The van der Waals surface area contributed by atoms with E-state index in [0.717, 1.165) is 5.56 Å². The molecule has 0 fully saturated rings. The van der Waals surface area contributed by atoms with Crippen molar-refractivity contribution < 1.29 is 13.2 Å². The first-order valence-electron chi connectivity index (χ1n) is 4.63. The van der Waals surface area contributed by atoms with E-state index >= 15 is 0 Å². The summed E-state index contributed by atoms with van der Waals surface area (Å²) in [4.78, 5) is 0. The zero-order valence-electron chi connectivity index (χ0n) is 8.35. The van der Waals surface area contributed by atoms with Crippen molar-refractivity contribution in [3.05, 3.63) is 34.9 Å². The van der Waals surface area contributed by atoms with Gasteiger partial charge in [0.1, 0.15) is 0 Å². The van der Waals surface area contributed by atoms with Crippen LogP contribution < -0.4 is 5.32 Å². The third-order valence-corrected chi connectivity index (χ3v) is 2.73. The summed E-state index contributed by atoms with van der Waals surface area (Å²) in [6, 6.07) is 7.22. The average Bonchev–Trinajstić information content (AvgIpc) is 2.15. The molecule has 1 aromatic rings. The van der Waals surface area contributed by atoms with Gasteiger partial charge in [-0.15, -0.1) is 0 Å². The Morgan fingerprint density at radius 2 is 2.06 bits per heavy atom. The number of halogens is 4. The molecule has 0 saturated carbocycles. The molecule has 1 nitrogen and oxygen atoms in total. The van der Waals surface area contributed by atoms with Crippen LogP contribution in [0, 0.1) is 0 Å². The second-order valence-electron chi connectivity index (χ2n) is 3.10. The van der Waals surface area contributed by atoms with Crippen molar-refractivity contribution in [2.45, 2.75) is 12.1 Å². The predicted octanol–water partition coefficient (Wildman–Crippen LogP) is 3.68. The van der Waals surface area contributed by atoms with Crippen LogP contribution in [0.2, 0.25) is 5.02 Å². The van der Waals surface area contributed by atoms with Gasteiger partial charge in [0, 0.05) is 23.9 Å². The molecule has 0 amide bonds. The predicted molar refractivity (Wildman–Crippen MR) is 61.7 cm³/mol. The first kappa shape index (κ1) is 13.7. The summed E-state index contributed by atoms with van der Waals surface area (Å²) in [5, 5.41) is 3.55. The summed E-state index contributed by atoms with van der Waals surface area (Å²) >= 11 is 5.75. The monoisotopic (exact) mass is 269 g/mol. The van der Waals surface area contributed by atoms with Crippen LogP contribution in [0.1, 0.15) is 5.56 Å². The van der Waals surface area contributed by atoms with Crippen molar-refractivity contribution in [1.82, 2.24) is 5.32 Å². The molecule has 0 radical (unpaired) electrons. The smallest absolute Gasteiger partial charge is 0.312 e. The molecule has 0 aliphatic heterocycles. The lowest BCUT2D eigenvalue weighted by atomic mass is 10.2. The van der Waals surface area contributed by atoms with Gasteiger partial charge in [0.25, 0.3) is 0 Å². The summed E-state index contributed by atoms with van der Waals surface area (Å²) in [5.41, 5.74) is -3.18. The largest absolute Gasteiger partial charge is 0.441 e. The molecule has 0 aliphatic rings. The molecule has 1 rings (SSSR count). The minimum absolute atomic E-state index is 0.0167. The van der Waals surface area contributed by atoms with Crippen LogP contribution in [0.15, 0.2) is 24.3 Å². The molecular formula is C10H11ClF3NS. The summed E-state index contributed by atoms with van der Waals surface area (Å²) in [7, 11) is 0. The molecule has 6 heteroatoms. The van der Waals surface area contributed by atoms with Gasteiger partial charge in [-0.05, 0) is 29.5 Å². The molecule has 90 valence electrons. The van der Waals surface area contributed by atoms with Crippen LogP contribution in [-0.4, -0.2) is 17.8 Å². The van der Waals surface area contributed by atoms with E-state index in [0.29, 0.717) is 18.1 Å². The fourth-order valence-corrected chi connectivity index (χ4v) is 1.81. The lowest BCUT2D eigenvalue weighted by molar-refractivity contribution is -0.0327. The fraction of sp³-hybridized carbons (Fsp3) is 0.400. The van der Waals surface area contributed by atoms with Crippen molar-refractivity contribution in [3.8, 4) is 0 Å². The van der Waals surface area contributed by atoms with E-state index < -0.39 is 5.51 Å². The van der Waals surface area contributed by atoms with Gasteiger partial charge in [-0.25, -0.2) is 0 Å². The van der Waals surface area contributed by atoms with Crippen LogP contribution in [0.3, 0.4) is 0 Å². The Morgan fingerprint density at radius 1 is 1.31 bits per heavy atom. The Hall–Kier alpha value is -0.390. The number of hydrogen-bond acceptors (Lipinski definition) is 2. The summed E-state index contributed by atoms with van der Waals surface area (Å²) < 4.78 is 35.3. The highest BCUT2D eigenvalue weighted by atomic mass is 35.5. The highest BCUT2D eigenvalue weighted by Gasteiger charge is 2.27. The number of thioether (sulfide) groups is 1. The molecule has 1 aromatic carbocycles. The number of hydrogen-bond donors (Lipinski definition) is 1. The first-order chi connectivity index (χ1) is 7.47. The van der Waals surface area contributed by atoms with Crippen molar-refractivity contribution in [1.29, 1.82) is 0 Å². The molecule has 1 N–H and O–H groups in total. The first-order valence-corrected chi connectivity index (χ1v) is 5.99. The third-order valence-electron chi connectivity index (χ3n) is 1.76. The maximum absolute atomic E-state index is 11.8. The van der Waals surface area contributed by atoms with E-state index in [4.69, 9.17) is 11.6 Å². The lowest BCUT2D eigenvalue weighted by Gasteiger charge is -2.07. The molecule has 0 aliphatic carbocycles. The van der Waals surface area contributed by atoms with Crippen molar-refractivity contribution in [3.63, 3.8) is 0 Å². The average molecular weight is 270 g/mol. The molecule has 0 bridgehead atoms. The van der Waals surface area contributed by atoms with Gasteiger partial charge in [0.05, 0.1) is 0 Å². The number of alkyl halides is 3. The van der Waals surface area contributed by atoms with Gasteiger partial charge in [0.2, 0.25) is 0 Å². The topological polar surface area (TPSA) is 12.0 Å². The summed E-state index contributed by atoms with van der Waals surface area (Å²) in [5.74, 6) is 0.0179. The molecular weight excluding hydrogens is 259 g/mol. The van der Waals surface area contributed by atoms with E-state index in [1.54, 1.807) is 12.1 Å². The lowest BCUT2D eigenvalue weighted by Crippen LogP contribution is -2.18. The van der Waals surface area contributed by atoms with Gasteiger partial charge < -0.3 is 5.32 Å². The van der Waals surface area contributed by atoms with Crippen LogP contribution >= 0.6 is 23.4 Å². The van der Waals surface area contributed by atoms with Crippen LogP contribution in [0.5, 0.6) is 0 Å². The molecule has 16 heavy (non-hydrogen) atoms. The fourth-order valence-electron chi connectivity index (χ4n) is 1.12.